The van der Waals surface area contributed by atoms with Crippen LogP contribution in [0.15, 0.2) is 28.7 Å². The van der Waals surface area contributed by atoms with Crippen molar-refractivity contribution in [2.45, 2.75) is 25.8 Å². The topological polar surface area (TPSA) is 58.6 Å². The molecule has 0 aromatic heterocycles. The van der Waals surface area contributed by atoms with Crippen molar-refractivity contribution in [2.24, 2.45) is 5.92 Å². The van der Waals surface area contributed by atoms with Gasteiger partial charge in [0.05, 0.1) is 6.61 Å². The van der Waals surface area contributed by atoms with Crippen LogP contribution in [0.1, 0.15) is 18.9 Å². The van der Waals surface area contributed by atoms with Crippen molar-refractivity contribution in [3.8, 4) is 0 Å². The van der Waals surface area contributed by atoms with Crippen LogP contribution in [0.2, 0.25) is 0 Å². The maximum absolute atomic E-state index is 12.2. The lowest BCUT2D eigenvalue weighted by atomic mass is 9.95. The summed E-state index contributed by atoms with van der Waals surface area (Å²) in [5.74, 6) is -0.193. The van der Waals surface area contributed by atoms with E-state index in [-0.39, 0.29) is 24.5 Å². The molecular formula is C15H22BrNO3. The molecule has 0 aliphatic heterocycles. The number of methoxy groups -OCH3 is 1. The molecule has 2 N–H and O–H groups in total. The maximum atomic E-state index is 12.2. The Labute approximate surface area is 128 Å². The Balaban J connectivity index is 2.70. The Hall–Kier alpha value is -0.910. The van der Waals surface area contributed by atoms with E-state index in [0.29, 0.717) is 19.4 Å². The van der Waals surface area contributed by atoms with E-state index >= 15 is 0 Å². The maximum Gasteiger partial charge on any atom is 0.223 e. The van der Waals surface area contributed by atoms with Gasteiger partial charge in [-0.3, -0.25) is 4.79 Å². The van der Waals surface area contributed by atoms with Crippen molar-refractivity contribution >= 4 is 21.8 Å². The van der Waals surface area contributed by atoms with Gasteiger partial charge in [0, 0.05) is 30.1 Å². The Bertz CT molecular complexity index is 425. The summed E-state index contributed by atoms with van der Waals surface area (Å²) < 4.78 is 6.08. The fourth-order valence-electron chi connectivity index (χ4n) is 1.94. The molecule has 0 radical (unpaired) electrons. The predicted molar refractivity (Wildman–Crippen MR) is 82.5 cm³/mol. The van der Waals surface area contributed by atoms with Crippen LogP contribution in [0.25, 0.3) is 0 Å². The number of carbonyl (C=O) groups excluding carboxylic acids is 1. The van der Waals surface area contributed by atoms with Crippen LogP contribution < -0.4 is 5.32 Å². The van der Waals surface area contributed by atoms with Gasteiger partial charge in [-0.25, -0.2) is 0 Å². The number of nitrogens with one attached hydrogen (secondary N) is 1. The summed E-state index contributed by atoms with van der Waals surface area (Å²) in [5, 5.41) is 11.8. The molecule has 0 aliphatic rings. The third-order valence-corrected chi connectivity index (χ3v) is 3.57. The predicted octanol–water partition coefficient (Wildman–Crippen LogP) is 2.14. The van der Waals surface area contributed by atoms with E-state index in [1.165, 1.54) is 0 Å². The van der Waals surface area contributed by atoms with E-state index < -0.39 is 0 Å². The van der Waals surface area contributed by atoms with Crippen LogP contribution in [-0.2, 0) is 16.0 Å². The van der Waals surface area contributed by atoms with E-state index in [1.807, 2.05) is 24.3 Å². The summed E-state index contributed by atoms with van der Waals surface area (Å²) in [6.07, 6.45) is 1.32. The van der Waals surface area contributed by atoms with Gasteiger partial charge in [-0.2, -0.15) is 0 Å². The summed E-state index contributed by atoms with van der Waals surface area (Å²) >= 11 is 3.43. The first-order chi connectivity index (χ1) is 9.56. The van der Waals surface area contributed by atoms with Crippen molar-refractivity contribution < 1.29 is 14.6 Å². The first kappa shape index (κ1) is 17.1. The normalized spacial score (nSPS) is 13.8. The molecule has 4 nitrogen and oxygen atoms in total. The Kier molecular flexibility index (Phi) is 7.80. The summed E-state index contributed by atoms with van der Waals surface area (Å²) in [7, 11) is 1.63. The van der Waals surface area contributed by atoms with Gasteiger partial charge in [0.2, 0.25) is 5.91 Å². The second-order valence-electron chi connectivity index (χ2n) is 4.90. The minimum Gasteiger partial charge on any atom is -0.394 e. The van der Waals surface area contributed by atoms with Crippen molar-refractivity contribution in [2.75, 3.05) is 20.3 Å². The van der Waals surface area contributed by atoms with E-state index in [2.05, 4.69) is 21.2 Å². The van der Waals surface area contributed by atoms with E-state index in [0.717, 1.165) is 10.0 Å². The minimum atomic E-state index is -0.227. The molecule has 5 heteroatoms. The van der Waals surface area contributed by atoms with Gasteiger partial charge < -0.3 is 15.2 Å². The van der Waals surface area contributed by atoms with Gasteiger partial charge in [0.25, 0.3) is 0 Å². The van der Waals surface area contributed by atoms with Crippen LogP contribution in [0.4, 0.5) is 0 Å². The van der Waals surface area contributed by atoms with Crippen LogP contribution in [0.5, 0.6) is 0 Å². The summed E-state index contributed by atoms with van der Waals surface area (Å²) in [4.78, 5) is 12.2. The van der Waals surface area contributed by atoms with E-state index in [1.54, 1.807) is 14.0 Å². The molecule has 1 rings (SSSR count). The quantitative estimate of drug-likeness (QED) is 0.760. The average molecular weight is 344 g/mol. The highest BCUT2D eigenvalue weighted by Crippen LogP contribution is 2.17. The number of carbonyl (C=O) groups is 1. The fourth-order valence-corrected chi connectivity index (χ4v) is 2.39. The molecule has 1 aromatic carbocycles. The zero-order valence-electron chi connectivity index (χ0n) is 11.9. The van der Waals surface area contributed by atoms with Gasteiger partial charge >= 0.3 is 0 Å². The van der Waals surface area contributed by atoms with Crippen LogP contribution in [-0.4, -0.2) is 37.4 Å². The Morgan fingerprint density at radius 1 is 1.50 bits per heavy atom. The number of aliphatic hydroxyl groups is 1. The number of rotatable bonds is 8. The molecule has 112 valence electrons. The third kappa shape index (κ3) is 6.03. The SMILES string of the molecule is COCCC(Cc1cccc(Br)c1)C(=O)NC(C)CO. The summed E-state index contributed by atoms with van der Waals surface area (Å²) in [5.41, 5.74) is 1.10. The number of aliphatic hydroxyl groups excluding tert-OH is 1. The molecule has 0 heterocycles. The number of hydrogen-bond acceptors (Lipinski definition) is 3. The van der Waals surface area contributed by atoms with E-state index in [4.69, 9.17) is 9.84 Å². The monoisotopic (exact) mass is 343 g/mol. The zero-order chi connectivity index (χ0) is 15.0. The van der Waals surface area contributed by atoms with Crippen LogP contribution >= 0.6 is 15.9 Å². The smallest absolute Gasteiger partial charge is 0.223 e. The molecule has 0 spiro atoms. The highest BCUT2D eigenvalue weighted by Gasteiger charge is 2.20. The summed E-state index contributed by atoms with van der Waals surface area (Å²) in [6, 6.07) is 7.72. The van der Waals surface area contributed by atoms with Gasteiger partial charge in [0.1, 0.15) is 0 Å². The largest absolute Gasteiger partial charge is 0.394 e. The second kappa shape index (κ2) is 9.10. The lowest BCUT2D eigenvalue weighted by Gasteiger charge is -2.19. The molecule has 2 atom stereocenters. The van der Waals surface area contributed by atoms with Gasteiger partial charge in [-0.1, -0.05) is 28.1 Å². The Morgan fingerprint density at radius 3 is 2.85 bits per heavy atom. The number of benzene rings is 1. The fraction of sp³-hybridized carbons (Fsp3) is 0.533. The van der Waals surface area contributed by atoms with Crippen LogP contribution in [0.3, 0.4) is 0 Å². The number of amides is 1. The van der Waals surface area contributed by atoms with Gasteiger partial charge in [0.15, 0.2) is 0 Å². The molecular weight excluding hydrogens is 322 g/mol. The lowest BCUT2D eigenvalue weighted by Crippen LogP contribution is -2.40. The number of hydrogen-bond donors (Lipinski definition) is 2. The minimum absolute atomic E-state index is 0.0384. The first-order valence-electron chi connectivity index (χ1n) is 6.71. The number of halogens is 1. The molecule has 0 aliphatic carbocycles. The molecule has 1 aromatic rings. The van der Waals surface area contributed by atoms with Crippen molar-refractivity contribution in [1.82, 2.24) is 5.32 Å². The molecule has 1 amide bonds. The highest BCUT2D eigenvalue weighted by atomic mass is 79.9. The van der Waals surface area contributed by atoms with Crippen LogP contribution in [0, 0.1) is 5.92 Å². The van der Waals surface area contributed by atoms with Crippen molar-refractivity contribution in [3.63, 3.8) is 0 Å². The molecule has 0 saturated carbocycles. The zero-order valence-corrected chi connectivity index (χ0v) is 13.5. The highest BCUT2D eigenvalue weighted by molar-refractivity contribution is 9.10. The second-order valence-corrected chi connectivity index (χ2v) is 5.82. The average Bonchev–Trinajstić information content (AvgIpc) is 2.43. The van der Waals surface area contributed by atoms with Gasteiger partial charge in [-0.15, -0.1) is 0 Å². The third-order valence-electron chi connectivity index (χ3n) is 3.07. The van der Waals surface area contributed by atoms with Crippen molar-refractivity contribution in [1.29, 1.82) is 0 Å². The molecule has 0 saturated heterocycles. The number of ether oxygens (including phenoxy) is 1. The van der Waals surface area contributed by atoms with E-state index in [9.17, 15) is 4.79 Å². The molecule has 20 heavy (non-hydrogen) atoms. The lowest BCUT2D eigenvalue weighted by molar-refractivity contribution is -0.126. The molecule has 2 unspecified atom stereocenters. The molecule has 0 bridgehead atoms. The summed E-state index contributed by atoms with van der Waals surface area (Å²) in [6.45, 7) is 2.27. The first-order valence-corrected chi connectivity index (χ1v) is 7.50. The Morgan fingerprint density at radius 2 is 2.25 bits per heavy atom. The molecule has 0 fully saturated rings. The van der Waals surface area contributed by atoms with Crippen molar-refractivity contribution in [3.05, 3.63) is 34.3 Å². The van der Waals surface area contributed by atoms with Gasteiger partial charge in [-0.05, 0) is 37.5 Å². The standard InChI is InChI=1S/C15H22BrNO3/c1-11(10-18)17-15(19)13(6-7-20-2)8-12-4-3-5-14(16)9-12/h3-5,9,11,13,18H,6-8,10H2,1-2H3,(H,17,19).